The number of non-ortho nitro benzene ring substituents is 1. The molecule has 0 bridgehead atoms. The van der Waals surface area contributed by atoms with Crippen molar-refractivity contribution in [2.75, 3.05) is 12.3 Å². The van der Waals surface area contributed by atoms with Crippen molar-refractivity contribution in [2.24, 2.45) is 5.73 Å². The standard InChI is InChI=1S/C9H11BrN2O4S/c10-9-5-8(12(13)14)2-1-7(9)6-17(15,16)4-3-11/h1-2,5H,3-4,6,11H2. The van der Waals surface area contributed by atoms with Crippen molar-refractivity contribution in [3.05, 3.63) is 38.3 Å². The van der Waals surface area contributed by atoms with Crippen LogP contribution in [0.2, 0.25) is 0 Å². The zero-order valence-corrected chi connectivity index (χ0v) is 11.2. The Morgan fingerprint density at radius 3 is 2.53 bits per heavy atom. The molecule has 2 N–H and O–H groups in total. The Bertz CT molecular complexity index is 530. The van der Waals surface area contributed by atoms with E-state index in [0.29, 0.717) is 10.0 Å². The monoisotopic (exact) mass is 322 g/mol. The van der Waals surface area contributed by atoms with Crippen molar-refractivity contribution >= 4 is 31.5 Å². The van der Waals surface area contributed by atoms with Crippen LogP contribution in [0.3, 0.4) is 0 Å². The highest BCUT2D eigenvalue weighted by Gasteiger charge is 2.15. The van der Waals surface area contributed by atoms with Gasteiger partial charge in [0.2, 0.25) is 0 Å². The Kier molecular flexibility index (Phi) is 4.61. The number of nitro benzene ring substituents is 1. The number of nitro groups is 1. The number of rotatable bonds is 5. The summed E-state index contributed by atoms with van der Waals surface area (Å²) in [6.45, 7) is 0.0624. The summed E-state index contributed by atoms with van der Waals surface area (Å²) in [6, 6.07) is 3.99. The summed E-state index contributed by atoms with van der Waals surface area (Å²) in [6.07, 6.45) is 0. The van der Waals surface area contributed by atoms with E-state index in [1.54, 1.807) is 0 Å². The molecule has 0 atom stereocenters. The predicted octanol–water partition coefficient (Wildman–Crippen LogP) is 1.23. The minimum absolute atomic E-state index is 0.0624. The summed E-state index contributed by atoms with van der Waals surface area (Å²) >= 11 is 3.12. The van der Waals surface area contributed by atoms with E-state index in [2.05, 4.69) is 15.9 Å². The highest BCUT2D eigenvalue weighted by molar-refractivity contribution is 9.10. The van der Waals surface area contributed by atoms with Crippen molar-refractivity contribution in [3.8, 4) is 0 Å². The van der Waals surface area contributed by atoms with Crippen LogP contribution in [0.1, 0.15) is 5.56 Å². The van der Waals surface area contributed by atoms with Gasteiger partial charge in [0.1, 0.15) is 0 Å². The summed E-state index contributed by atoms with van der Waals surface area (Å²) in [5.41, 5.74) is 5.59. The molecule has 1 aromatic carbocycles. The molecule has 0 saturated carbocycles. The van der Waals surface area contributed by atoms with Gasteiger partial charge in [-0.3, -0.25) is 10.1 Å². The van der Waals surface area contributed by atoms with E-state index in [-0.39, 0.29) is 23.7 Å². The number of hydrogen-bond acceptors (Lipinski definition) is 5. The van der Waals surface area contributed by atoms with Crippen molar-refractivity contribution in [3.63, 3.8) is 0 Å². The molecule has 0 heterocycles. The minimum Gasteiger partial charge on any atom is -0.329 e. The summed E-state index contributed by atoms with van der Waals surface area (Å²) in [5.74, 6) is -0.279. The molecule has 94 valence electrons. The Balaban J connectivity index is 2.98. The van der Waals surface area contributed by atoms with E-state index in [9.17, 15) is 18.5 Å². The smallest absolute Gasteiger partial charge is 0.270 e. The van der Waals surface area contributed by atoms with Crippen LogP contribution in [0.15, 0.2) is 22.7 Å². The lowest BCUT2D eigenvalue weighted by Gasteiger charge is -2.05. The maximum atomic E-state index is 11.5. The van der Waals surface area contributed by atoms with Crippen molar-refractivity contribution in [1.82, 2.24) is 0 Å². The van der Waals surface area contributed by atoms with E-state index in [1.807, 2.05) is 0 Å². The zero-order valence-electron chi connectivity index (χ0n) is 8.80. The third kappa shape index (κ3) is 4.06. The van der Waals surface area contributed by atoms with Gasteiger partial charge in [-0.1, -0.05) is 22.0 Å². The average molecular weight is 323 g/mol. The van der Waals surface area contributed by atoms with Gasteiger partial charge in [-0.2, -0.15) is 0 Å². The third-order valence-electron chi connectivity index (χ3n) is 2.05. The third-order valence-corrected chi connectivity index (χ3v) is 4.40. The lowest BCUT2D eigenvalue weighted by atomic mass is 10.2. The van der Waals surface area contributed by atoms with E-state index < -0.39 is 14.8 Å². The SMILES string of the molecule is NCCS(=O)(=O)Cc1ccc([N+](=O)[O-])cc1Br. The van der Waals surface area contributed by atoms with Gasteiger partial charge in [0, 0.05) is 23.2 Å². The molecule has 0 aliphatic carbocycles. The molecule has 0 radical (unpaired) electrons. The Hall–Kier alpha value is -0.990. The van der Waals surface area contributed by atoms with Crippen molar-refractivity contribution in [2.45, 2.75) is 5.75 Å². The van der Waals surface area contributed by atoms with E-state index >= 15 is 0 Å². The van der Waals surface area contributed by atoms with Crippen molar-refractivity contribution in [1.29, 1.82) is 0 Å². The van der Waals surface area contributed by atoms with Gasteiger partial charge in [-0.25, -0.2) is 8.42 Å². The van der Waals surface area contributed by atoms with Crippen LogP contribution in [0, 0.1) is 10.1 Å². The largest absolute Gasteiger partial charge is 0.329 e. The fourth-order valence-corrected chi connectivity index (χ4v) is 3.18. The Morgan fingerprint density at radius 1 is 1.41 bits per heavy atom. The van der Waals surface area contributed by atoms with E-state index in [0.717, 1.165) is 0 Å². The Morgan fingerprint density at radius 2 is 2.06 bits per heavy atom. The second-order valence-corrected chi connectivity index (χ2v) is 6.45. The molecule has 0 unspecified atom stereocenters. The summed E-state index contributed by atoms with van der Waals surface area (Å²) in [4.78, 5) is 9.96. The van der Waals surface area contributed by atoms with Crippen LogP contribution in [0.5, 0.6) is 0 Å². The number of sulfone groups is 1. The van der Waals surface area contributed by atoms with Gasteiger partial charge in [0.15, 0.2) is 9.84 Å². The van der Waals surface area contributed by atoms with Gasteiger partial charge in [0.05, 0.1) is 16.4 Å². The van der Waals surface area contributed by atoms with E-state index in [1.165, 1.54) is 18.2 Å². The van der Waals surface area contributed by atoms with Crippen LogP contribution in [0.4, 0.5) is 5.69 Å². The quantitative estimate of drug-likeness (QED) is 0.648. The lowest BCUT2D eigenvalue weighted by Crippen LogP contribution is -2.17. The first kappa shape index (κ1) is 14.1. The first-order valence-electron chi connectivity index (χ1n) is 4.69. The Labute approximate surface area is 107 Å². The van der Waals surface area contributed by atoms with E-state index in [4.69, 9.17) is 5.73 Å². The molecule has 0 aliphatic heterocycles. The van der Waals surface area contributed by atoms with Crippen LogP contribution < -0.4 is 5.73 Å². The molecule has 1 rings (SSSR count). The molecular weight excluding hydrogens is 312 g/mol. The number of benzene rings is 1. The number of nitrogens with two attached hydrogens (primary N) is 1. The summed E-state index contributed by atoms with van der Waals surface area (Å²) in [7, 11) is -3.27. The molecule has 6 nitrogen and oxygen atoms in total. The first-order chi connectivity index (χ1) is 7.85. The number of halogens is 1. The topological polar surface area (TPSA) is 103 Å². The summed E-state index contributed by atoms with van der Waals surface area (Å²) < 4.78 is 23.5. The van der Waals surface area contributed by atoms with Gasteiger partial charge in [-0.05, 0) is 5.56 Å². The maximum absolute atomic E-state index is 11.5. The number of hydrogen-bond donors (Lipinski definition) is 1. The molecule has 8 heteroatoms. The van der Waals surface area contributed by atoms with Crippen LogP contribution in [-0.4, -0.2) is 25.6 Å². The van der Waals surface area contributed by atoms with Crippen LogP contribution >= 0.6 is 15.9 Å². The lowest BCUT2D eigenvalue weighted by molar-refractivity contribution is -0.384. The molecule has 17 heavy (non-hydrogen) atoms. The molecular formula is C9H11BrN2O4S. The highest BCUT2D eigenvalue weighted by atomic mass is 79.9. The first-order valence-corrected chi connectivity index (χ1v) is 7.30. The van der Waals surface area contributed by atoms with Crippen LogP contribution in [-0.2, 0) is 15.6 Å². The molecule has 0 fully saturated rings. The second-order valence-electron chi connectivity index (χ2n) is 3.41. The molecule has 1 aromatic rings. The maximum Gasteiger partial charge on any atom is 0.270 e. The normalized spacial score (nSPS) is 11.4. The number of nitrogens with zero attached hydrogens (tertiary/aromatic N) is 1. The van der Waals surface area contributed by atoms with Gasteiger partial charge in [-0.15, -0.1) is 0 Å². The minimum atomic E-state index is -3.27. The van der Waals surface area contributed by atoms with Crippen LogP contribution in [0.25, 0.3) is 0 Å². The fraction of sp³-hybridized carbons (Fsp3) is 0.333. The summed E-state index contributed by atoms with van der Waals surface area (Å²) in [5, 5.41) is 10.5. The van der Waals surface area contributed by atoms with Gasteiger partial charge < -0.3 is 5.73 Å². The van der Waals surface area contributed by atoms with Crippen molar-refractivity contribution < 1.29 is 13.3 Å². The van der Waals surface area contributed by atoms with Gasteiger partial charge >= 0.3 is 0 Å². The van der Waals surface area contributed by atoms with Gasteiger partial charge in [0.25, 0.3) is 5.69 Å². The molecule has 0 saturated heterocycles. The molecule has 0 spiro atoms. The zero-order chi connectivity index (χ0) is 13.1. The fourth-order valence-electron chi connectivity index (χ4n) is 1.26. The molecule has 0 aliphatic rings. The highest BCUT2D eigenvalue weighted by Crippen LogP contribution is 2.24. The average Bonchev–Trinajstić information content (AvgIpc) is 2.20. The molecule has 0 amide bonds. The molecule has 0 aromatic heterocycles. The predicted molar refractivity (Wildman–Crippen MR) is 67.3 cm³/mol. The second kappa shape index (κ2) is 5.56.